The van der Waals surface area contributed by atoms with Crippen molar-refractivity contribution in [3.05, 3.63) is 53.6 Å². The number of imide groups is 1. The normalized spacial score (nSPS) is 14.1. The maximum absolute atomic E-state index is 12.4. The van der Waals surface area contributed by atoms with Crippen molar-refractivity contribution in [1.82, 2.24) is 0 Å². The third-order valence-corrected chi connectivity index (χ3v) is 3.88. The molecule has 0 unspecified atom stereocenters. The Morgan fingerprint density at radius 1 is 1.08 bits per heavy atom. The minimum absolute atomic E-state index is 0.124. The van der Waals surface area contributed by atoms with Gasteiger partial charge in [0, 0.05) is 24.1 Å². The van der Waals surface area contributed by atoms with Crippen LogP contribution in [0.2, 0.25) is 0 Å². The third kappa shape index (κ3) is 2.99. The molecule has 0 aliphatic carbocycles. The van der Waals surface area contributed by atoms with Crippen molar-refractivity contribution in [3.8, 4) is 5.75 Å². The number of carbonyl (C=O) groups is 3. The zero-order valence-electron chi connectivity index (χ0n) is 13.1. The van der Waals surface area contributed by atoms with Gasteiger partial charge in [-0.3, -0.25) is 19.3 Å². The van der Waals surface area contributed by atoms with Crippen molar-refractivity contribution in [1.29, 1.82) is 0 Å². The van der Waals surface area contributed by atoms with Crippen LogP contribution >= 0.6 is 0 Å². The van der Waals surface area contributed by atoms with Gasteiger partial charge in [-0.25, -0.2) is 0 Å². The first kappa shape index (κ1) is 15.7. The van der Waals surface area contributed by atoms with E-state index in [9.17, 15) is 19.5 Å². The molecule has 1 fully saturated rings. The Morgan fingerprint density at radius 2 is 1.79 bits per heavy atom. The van der Waals surface area contributed by atoms with Gasteiger partial charge in [-0.1, -0.05) is 6.07 Å². The lowest BCUT2D eigenvalue weighted by Gasteiger charge is -2.15. The van der Waals surface area contributed by atoms with E-state index in [1.54, 1.807) is 37.3 Å². The van der Waals surface area contributed by atoms with Gasteiger partial charge in [-0.2, -0.15) is 0 Å². The van der Waals surface area contributed by atoms with Crippen LogP contribution in [-0.2, 0) is 9.59 Å². The molecule has 1 aliphatic heterocycles. The largest absolute Gasteiger partial charge is 0.508 e. The summed E-state index contributed by atoms with van der Waals surface area (Å²) in [6, 6.07) is 11.0. The molecule has 6 nitrogen and oxygen atoms in total. The molecule has 24 heavy (non-hydrogen) atoms. The van der Waals surface area contributed by atoms with Crippen LogP contribution in [0, 0.1) is 6.92 Å². The summed E-state index contributed by atoms with van der Waals surface area (Å²) < 4.78 is 0. The number of nitrogens with zero attached hydrogens (tertiary/aromatic N) is 1. The van der Waals surface area contributed by atoms with Crippen molar-refractivity contribution in [2.45, 2.75) is 19.8 Å². The highest BCUT2D eigenvalue weighted by Gasteiger charge is 2.30. The molecule has 2 aromatic rings. The summed E-state index contributed by atoms with van der Waals surface area (Å²) in [6.45, 7) is 1.77. The molecule has 0 atom stereocenters. The number of anilines is 2. The lowest BCUT2D eigenvalue weighted by atomic mass is 10.1. The minimum atomic E-state index is -0.357. The SMILES string of the molecule is Cc1cc(O)ccc1NC(=O)c1cccc(N2C(=O)CCC2=O)c1. The van der Waals surface area contributed by atoms with Gasteiger partial charge in [0.05, 0.1) is 5.69 Å². The molecule has 0 bridgehead atoms. The van der Waals surface area contributed by atoms with Crippen LogP contribution in [-0.4, -0.2) is 22.8 Å². The monoisotopic (exact) mass is 324 g/mol. The van der Waals surface area contributed by atoms with E-state index in [1.807, 2.05) is 0 Å². The van der Waals surface area contributed by atoms with Gasteiger partial charge < -0.3 is 10.4 Å². The maximum Gasteiger partial charge on any atom is 0.255 e. The zero-order valence-corrected chi connectivity index (χ0v) is 13.1. The molecule has 2 N–H and O–H groups in total. The summed E-state index contributed by atoms with van der Waals surface area (Å²) in [6.07, 6.45) is 0.393. The summed E-state index contributed by atoms with van der Waals surface area (Å²) in [7, 11) is 0. The molecule has 0 aromatic heterocycles. The maximum atomic E-state index is 12.4. The predicted molar refractivity (Wildman–Crippen MR) is 89.0 cm³/mol. The molecule has 1 saturated heterocycles. The Bertz CT molecular complexity index is 829. The number of benzene rings is 2. The molecule has 0 spiro atoms. The van der Waals surface area contributed by atoms with Crippen LogP contribution in [0.3, 0.4) is 0 Å². The molecule has 3 amide bonds. The highest BCUT2D eigenvalue weighted by atomic mass is 16.3. The third-order valence-electron chi connectivity index (χ3n) is 3.88. The van der Waals surface area contributed by atoms with Crippen LogP contribution in [0.5, 0.6) is 5.75 Å². The number of amides is 3. The van der Waals surface area contributed by atoms with Crippen LogP contribution in [0.25, 0.3) is 0 Å². The number of phenolic OH excluding ortho intramolecular Hbond substituents is 1. The Balaban J connectivity index is 1.84. The van der Waals surface area contributed by atoms with Gasteiger partial charge in [0.15, 0.2) is 0 Å². The Morgan fingerprint density at radius 3 is 2.46 bits per heavy atom. The van der Waals surface area contributed by atoms with Crippen molar-refractivity contribution in [2.75, 3.05) is 10.2 Å². The highest BCUT2D eigenvalue weighted by Crippen LogP contribution is 2.25. The summed E-state index contributed by atoms with van der Waals surface area (Å²) in [5, 5.41) is 12.2. The summed E-state index contributed by atoms with van der Waals surface area (Å²) in [5.74, 6) is -0.748. The van der Waals surface area contributed by atoms with Crippen LogP contribution in [0.1, 0.15) is 28.8 Å². The molecule has 1 heterocycles. The van der Waals surface area contributed by atoms with Gasteiger partial charge >= 0.3 is 0 Å². The number of hydrogen-bond donors (Lipinski definition) is 2. The lowest BCUT2D eigenvalue weighted by Crippen LogP contribution is -2.28. The number of aromatic hydroxyl groups is 1. The molecule has 1 aliphatic rings. The lowest BCUT2D eigenvalue weighted by molar-refractivity contribution is -0.121. The standard InChI is InChI=1S/C18H16N2O4/c1-11-9-14(21)5-6-15(11)19-18(24)12-3-2-4-13(10-12)20-16(22)7-8-17(20)23/h2-6,9-10,21H,7-8H2,1H3,(H,19,24). The number of hydrogen-bond acceptors (Lipinski definition) is 4. The summed E-state index contributed by atoms with van der Waals surface area (Å²) in [4.78, 5) is 37.2. The molecule has 6 heteroatoms. The highest BCUT2D eigenvalue weighted by molar-refractivity contribution is 6.20. The first-order valence-corrected chi connectivity index (χ1v) is 7.52. The van der Waals surface area contributed by atoms with Crippen molar-refractivity contribution in [2.24, 2.45) is 0 Å². The van der Waals surface area contributed by atoms with Crippen LogP contribution in [0.4, 0.5) is 11.4 Å². The Labute approximate surface area is 138 Å². The minimum Gasteiger partial charge on any atom is -0.508 e. The fourth-order valence-electron chi connectivity index (χ4n) is 2.63. The quantitative estimate of drug-likeness (QED) is 0.671. The summed E-state index contributed by atoms with van der Waals surface area (Å²) in [5.41, 5.74) is 2.05. The average molecular weight is 324 g/mol. The zero-order chi connectivity index (χ0) is 17.3. The number of carbonyl (C=O) groups excluding carboxylic acids is 3. The number of aryl methyl sites for hydroxylation is 1. The Kier molecular flexibility index (Phi) is 4.04. The van der Waals surface area contributed by atoms with Gasteiger partial charge in [-0.05, 0) is 48.9 Å². The van der Waals surface area contributed by atoms with E-state index in [0.29, 0.717) is 16.9 Å². The molecular weight excluding hydrogens is 308 g/mol. The fourth-order valence-corrected chi connectivity index (χ4v) is 2.63. The van der Waals surface area contributed by atoms with Crippen LogP contribution < -0.4 is 10.2 Å². The van der Waals surface area contributed by atoms with E-state index in [4.69, 9.17) is 0 Å². The second-order valence-electron chi connectivity index (χ2n) is 5.63. The molecular formula is C18H16N2O4. The van der Waals surface area contributed by atoms with E-state index in [1.165, 1.54) is 12.1 Å². The second kappa shape index (κ2) is 6.16. The molecule has 0 radical (unpaired) electrons. The predicted octanol–water partition coefficient (Wildman–Crippen LogP) is 2.61. The molecule has 122 valence electrons. The first-order valence-electron chi connectivity index (χ1n) is 7.52. The smallest absolute Gasteiger partial charge is 0.255 e. The molecule has 3 rings (SSSR count). The van der Waals surface area contributed by atoms with E-state index < -0.39 is 0 Å². The fraction of sp³-hybridized carbons (Fsp3) is 0.167. The van der Waals surface area contributed by atoms with Gasteiger partial charge in [-0.15, -0.1) is 0 Å². The topological polar surface area (TPSA) is 86.7 Å². The van der Waals surface area contributed by atoms with E-state index in [0.717, 1.165) is 10.5 Å². The Hall–Kier alpha value is -3.15. The van der Waals surface area contributed by atoms with E-state index in [2.05, 4.69) is 5.32 Å². The van der Waals surface area contributed by atoms with Crippen molar-refractivity contribution in [3.63, 3.8) is 0 Å². The van der Waals surface area contributed by atoms with Gasteiger partial charge in [0.1, 0.15) is 5.75 Å². The second-order valence-corrected chi connectivity index (χ2v) is 5.63. The number of nitrogens with one attached hydrogen (secondary N) is 1. The summed E-state index contributed by atoms with van der Waals surface area (Å²) >= 11 is 0. The van der Waals surface area contributed by atoms with E-state index >= 15 is 0 Å². The average Bonchev–Trinajstić information content (AvgIpc) is 2.89. The molecule has 2 aromatic carbocycles. The number of phenols is 1. The molecule has 0 saturated carbocycles. The van der Waals surface area contributed by atoms with Crippen molar-refractivity contribution < 1.29 is 19.5 Å². The van der Waals surface area contributed by atoms with Crippen molar-refractivity contribution >= 4 is 29.1 Å². The first-order chi connectivity index (χ1) is 11.5. The van der Waals surface area contributed by atoms with Crippen LogP contribution in [0.15, 0.2) is 42.5 Å². The van der Waals surface area contributed by atoms with Gasteiger partial charge in [0.2, 0.25) is 11.8 Å². The van der Waals surface area contributed by atoms with E-state index in [-0.39, 0.29) is 36.3 Å². The van der Waals surface area contributed by atoms with Gasteiger partial charge in [0.25, 0.3) is 5.91 Å². The number of rotatable bonds is 3.